The van der Waals surface area contributed by atoms with Gasteiger partial charge in [0.2, 0.25) is 5.91 Å². The number of aryl methyl sites for hydroxylation is 2. The van der Waals surface area contributed by atoms with Crippen LogP contribution in [0.4, 0.5) is 0 Å². The Labute approximate surface area is 153 Å². The van der Waals surface area contributed by atoms with Gasteiger partial charge in [0.05, 0.1) is 17.6 Å². The molecule has 3 rings (SSSR count). The lowest BCUT2D eigenvalue weighted by Gasteiger charge is -2.25. The minimum Gasteiger partial charge on any atom is -0.383 e. The van der Waals surface area contributed by atoms with Gasteiger partial charge >= 0.3 is 0 Å². The molecule has 0 N–H and O–H groups in total. The number of hydrogen-bond donors (Lipinski definition) is 0. The first kappa shape index (κ1) is 18.0. The molecule has 6 heteroatoms. The highest BCUT2D eigenvalue weighted by Crippen LogP contribution is 2.37. The van der Waals surface area contributed by atoms with E-state index in [0.29, 0.717) is 19.7 Å². The molecular formula is C19H25N3O2S. The van der Waals surface area contributed by atoms with Crippen molar-refractivity contribution in [2.45, 2.75) is 37.0 Å². The molecule has 1 aromatic heterocycles. The monoisotopic (exact) mass is 359 g/mol. The van der Waals surface area contributed by atoms with Gasteiger partial charge in [-0.15, -0.1) is 11.8 Å². The Morgan fingerprint density at radius 1 is 1.40 bits per heavy atom. The molecule has 0 spiro atoms. The number of fused-ring (bicyclic) bond motifs is 1. The zero-order valence-corrected chi connectivity index (χ0v) is 16.1. The fourth-order valence-corrected chi connectivity index (χ4v) is 4.51. The van der Waals surface area contributed by atoms with Crippen molar-refractivity contribution in [2.24, 2.45) is 7.05 Å². The van der Waals surface area contributed by atoms with E-state index in [2.05, 4.69) is 24.2 Å². The predicted octanol–water partition coefficient (Wildman–Crippen LogP) is 2.73. The van der Waals surface area contributed by atoms with Crippen molar-refractivity contribution in [3.05, 3.63) is 46.8 Å². The molecule has 0 aliphatic carbocycles. The first-order valence-corrected chi connectivity index (χ1v) is 9.40. The minimum atomic E-state index is -0.0495. The molecule has 25 heavy (non-hydrogen) atoms. The van der Waals surface area contributed by atoms with E-state index >= 15 is 0 Å². The van der Waals surface area contributed by atoms with Crippen LogP contribution in [0.15, 0.2) is 29.2 Å². The van der Waals surface area contributed by atoms with Crippen molar-refractivity contribution in [1.82, 2.24) is 14.7 Å². The van der Waals surface area contributed by atoms with E-state index in [9.17, 15) is 4.79 Å². The number of carbonyl (C=O) groups excluding carboxylic acids is 1. The van der Waals surface area contributed by atoms with E-state index in [4.69, 9.17) is 4.74 Å². The van der Waals surface area contributed by atoms with Crippen LogP contribution in [-0.2, 0) is 29.5 Å². The summed E-state index contributed by atoms with van der Waals surface area (Å²) in [6, 6.07) is 8.29. The van der Waals surface area contributed by atoms with Crippen LogP contribution in [0.1, 0.15) is 22.5 Å². The fraction of sp³-hybridized carbons (Fsp3) is 0.474. The Bertz CT molecular complexity index is 747. The second-order valence-corrected chi connectivity index (χ2v) is 7.69. The molecule has 2 heterocycles. The Kier molecular flexibility index (Phi) is 5.49. The topological polar surface area (TPSA) is 47.4 Å². The van der Waals surface area contributed by atoms with Gasteiger partial charge in [-0.25, -0.2) is 0 Å². The van der Waals surface area contributed by atoms with E-state index in [0.717, 1.165) is 23.4 Å². The predicted molar refractivity (Wildman–Crippen MR) is 99.8 cm³/mol. The van der Waals surface area contributed by atoms with Gasteiger partial charge < -0.3 is 9.64 Å². The number of amides is 1. The molecule has 0 fully saturated rings. The molecule has 1 amide bonds. The Balaban J connectivity index is 1.77. The van der Waals surface area contributed by atoms with E-state index in [1.807, 2.05) is 35.7 Å². The molecule has 5 nitrogen and oxygen atoms in total. The minimum absolute atomic E-state index is 0.0495. The van der Waals surface area contributed by atoms with E-state index < -0.39 is 0 Å². The summed E-state index contributed by atoms with van der Waals surface area (Å²) in [5, 5.41) is 4.43. The number of hydrogen-bond acceptors (Lipinski definition) is 4. The number of nitrogens with zero attached hydrogens (tertiary/aromatic N) is 3. The van der Waals surface area contributed by atoms with Gasteiger partial charge in [-0.05, 0) is 31.9 Å². The SMILES string of the molecule is COCCN(Cc1c(C)nn(C)c1C)C(=O)[C@@H]1Cc2ccccc2S1. The number of carbonyl (C=O) groups is 1. The number of rotatable bonds is 6. The highest BCUT2D eigenvalue weighted by Gasteiger charge is 2.32. The Morgan fingerprint density at radius 2 is 2.16 bits per heavy atom. The number of thioether (sulfide) groups is 1. The van der Waals surface area contributed by atoms with Gasteiger partial charge in [0.15, 0.2) is 0 Å². The molecule has 1 atom stereocenters. The first-order chi connectivity index (χ1) is 12.0. The van der Waals surface area contributed by atoms with Crippen LogP contribution in [0.3, 0.4) is 0 Å². The van der Waals surface area contributed by atoms with Crippen molar-refractivity contribution >= 4 is 17.7 Å². The van der Waals surface area contributed by atoms with E-state index in [-0.39, 0.29) is 11.2 Å². The summed E-state index contributed by atoms with van der Waals surface area (Å²) >= 11 is 1.68. The highest BCUT2D eigenvalue weighted by atomic mass is 32.2. The summed E-state index contributed by atoms with van der Waals surface area (Å²) in [4.78, 5) is 16.3. The fourth-order valence-electron chi connectivity index (χ4n) is 3.23. The maximum absolute atomic E-state index is 13.2. The van der Waals surface area contributed by atoms with Crippen LogP contribution >= 0.6 is 11.8 Å². The van der Waals surface area contributed by atoms with Gasteiger partial charge in [0, 0.05) is 43.4 Å². The summed E-state index contributed by atoms with van der Waals surface area (Å²) in [6.45, 7) is 5.77. The lowest BCUT2D eigenvalue weighted by atomic mass is 10.1. The van der Waals surface area contributed by atoms with Crippen LogP contribution in [0, 0.1) is 13.8 Å². The normalized spacial score (nSPS) is 16.1. The number of methoxy groups -OCH3 is 1. The lowest BCUT2D eigenvalue weighted by Crippen LogP contribution is -2.39. The molecule has 0 bridgehead atoms. The average molecular weight is 359 g/mol. The Hall–Kier alpha value is -1.79. The average Bonchev–Trinajstić information content (AvgIpc) is 3.13. The van der Waals surface area contributed by atoms with Gasteiger partial charge in [-0.2, -0.15) is 5.10 Å². The molecule has 1 aliphatic heterocycles. The summed E-state index contributed by atoms with van der Waals surface area (Å²) in [6.07, 6.45) is 0.800. The van der Waals surface area contributed by atoms with Crippen molar-refractivity contribution in [1.29, 1.82) is 0 Å². The second-order valence-electron chi connectivity index (χ2n) is 6.44. The number of ether oxygens (including phenoxy) is 1. The molecule has 0 saturated carbocycles. The maximum atomic E-state index is 13.2. The Morgan fingerprint density at radius 3 is 2.80 bits per heavy atom. The molecule has 1 aromatic carbocycles. The van der Waals surface area contributed by atoms with Crippen molar-refractivity contribution in [3.8, 4) is 0 Å². The third kappa shape index (κ3) is 3.75. The summed E-state index contributed by atoms with van der Waals surface area (Å²) in [5.74, 6) is 0.181. The summed E-state index contributed by atoms with van der Waals surface area (Å²) in [5.41, 5.74) is 4.49. The number of benzene rings is 1. The highest BCUT2D eigenvalue weighted by molar-refractivity contribution is 8.01. The smallest absolute Gasteiger partial charge is 0.236 e. The third-order valence-corrected chi connectivity index (χ3v) is 6.11. The van der Waals surface area contributed by atoms with Crippen molar-refractivity contribution < 1.29 is 9.53 Å². The summed E-state index contributed by atoms with van der Waals surface area (Å²) < 4.78 is 7.11. The molecule has 0 unspecified atom stereocenters. The standard InChI is InChI=1S/C19H25N3O2S/c1-13-16(14(2)21(3)20-13)12-22(9-10-24-4)19(23)18-11-15-7-5-6-8-17(15)25-18/h5-8,18H,9-12H2,1-4H3/t18-/m0/s1. The van der Waals surface area contributed by atoms with Gasteiger partial charge in [0.25, 0.3) is 0 Å². The van der Waals surface area contributed by atoms with Crippen LogP contribution in [0.2, 0.25) is 0 Å². The van der Waals surface area contributed by atoms with Gasteiger partial charge in [0.1, 0.15) is 0 Å². The second kappa shape index (κ2) is 7.62. The molecule has 0 radical (unpaired) electrons. The molecule has 2 aromatic rings. The third-order valence-electron chi connectivity index (χ3n) is 4.81. The molecule has 1 aliphatic rings. The van der Waals surface area contributed by atoms with Crippen LogP contribution in [-0.4, -0.2) is 46.1 Å². The van der Waals surface area contributed by atoms with Gasteiger partial charge in [-0.3, -0.25) is 9.48 Å². The zero-order chi connectivity index (χ0) is 18.0. The first-order valence-electron chi connectivity index (χ1n) is 8.52. The van der Waals surface area contributed by atoms with Crippen LogP contribution in [0.5, 0.6) is 0 Å². The van der Waals surface area contributed by atoms with Crippen LogP contribution < -0.4 is 0 Å². The van der Waals surface area contributed by atoms with Crippen molar-refractivity contribution in [3.63, 3.8) is 0 Å². The maximum Gasteiger partial charge on any atom is 0.236 e. The van der Waals surface area contributed by atoms with E-state index in [1.165, 1.54) is 10.5 Å². The quantitative estimate of drug-likeness (QED) is 0.796. The van der Waals surface area contributed by atoms with Gasteiger partial charge in [-0.1, -0.05) is 18.2 Å². The van der Waals surface area contributed by atoms with Crippen LogP contribution in [0.25, 0.3) is 0 Å². The number of aromatic nitrogens is 2. The molecular weight excluding hydrogens is 334 g/mol. The summed E-state index contributed by atoms with van der Waals surface area (Å²) in [7, 11) is 3.61. The lowest BCUT2D eigenvalue weighted by molar-refractivity contribution is -0.131. The molecule has 0 saturated heterocycles. The molecule has 134 valence electrons. The zero-order valence-electron chi connectivity index (χ0n) is 15.3. The van der Waals surface area contributed by atoms with Crippen molar-refractivity contribution in [2.75, 3.05) is 20.3 Å². The largest absolute Gasteiger partial charge is 0.383 e. The van der Waals surface area contributed by atoms with E-state index in [1.54, 1.807) is 18.9 Å².